The molecule has 0 radical (unpaired) electrons. The maximum Gasteiger partial charge on any atom is 0.416 e. The number of nitrogens with two attached hydrogens (primary N) is 1. The Morgan fingerprint density at radius 3 is 2.50 bits per heavy atom. The van der Waals surface area contributed by atoms with Gasteiger partial charge in [0, 0.05) is 68.1 Å². The maximum atomic E-state index is 13.4. The zero-order chi connectivity index (χ0) is 30.0. The predicted octanol–water partition coefficient (Wildman–Crippen LogP) is 5.45. The largest absolute Gasteiger partial charge is 0.416 e. The van der Waals surface area contributed by atoms with Crippen LogP contribution in [0.5, 0.6) is 0 Å². The zero-order valence-electron chi connectivity index (χ0n) is 24.0. The first kappa shape index (κ1) is 28.2. The van der Waals surface area contributed by atoms with Crippen LogP contribution in [0, 0.1) is 12.8 Å². The molecule has 6 rings (SSSR count). The van der Waals surface area contributed by atoms with Crippen LogP contribution < -0.4 is 11.1 Å². The third-order valence-corrected chi connectivity index (χ3v) is 8.62. The highest BCUT2D eigenvalue weighted by molar-refractivity contribution is 5.90. The number of hydrogen-bond donors (Lipinski definition) is 2. The zero-order valence-corrected chi connectivity index (χ0v) is 24.0. The number of halogens is 3. The lowest BCUT2D eigenvalue weighted by Gasteiger charge is -2.46. The van der Waals surface area contributed by atoms with Crippen LogP contribution in [0.15, 0.2) is 36.7 Å². The van der Waals surface area contributed by atoms with E-state index in [1.165, 1.54) is 6.07 Å². The summed E-state index contributed by atoms with van der Waals surface area (Å²) in [7, 11) is 1.70. The minimum Gasteiger partial charge on any atom is -0.399 e. The van der Waals surface area contributed by atoms with Gasteiger partial charge in [-0.1, -0.05) is 13.8 Å². The number of benzene rings is 1. The van der Waals surface area contributed by atoms with Crippen molar-refractivity contribution in [3.8, 4) is 0 Å². The second kappa shape index (κ2) is 10.1. The van der Waals surface area contributed by atoms with Gasteiger partial charge in [-0.05, 0) is 49.6 Å². The van der Waals surface area contributed by atoms with Gasteiger partial charge in [0.2, 0.25) is 5.91 Å². The van der Waals surface area contributed by atoms with Crippen molar-refractivity contribution in [2.24, 2.45) is 5.92 Å². The number of nitrogens with one attached hydrogen (secondary N) is 1. The van der Waals surface area contributed by atoms with E-state index < -0.39 is 17.3 Å². The summed E-state index contributed by atoms with van der Waals surface area (Å²) < 4.78 is 48.5. The van der Waals surface area contributed by atoms with Gasteiger partial charge in [-0.15, -0.1) is 0 Å². The first-order valence-corrected chi connectivity index (χ1v) is 14.1. The number of ether oxygens (including phenoxy) is 1. The molecule has 9 nitrogen and oxygen atoms in total. The van der Waals surface area contributed by atoms with Gasteiger partial charge in [0.1, 0.15) is 22.9 Å². The molecule has 0 aliphatic carbocycles. The number of alkyl halides is 3. The molecule has 2 saturated heterocycles. The van der Waals surface area contributed by atoms with Crippen molar-refractivity contribution >= 4 is 34.1 Å². The van der Waals surface area contributed by atoms with Crippen molar-refractivity contribution in [1.29, 1.82) is 0 Å². The van der Waals surface area contributed by atoms with E-state index in [4.69, 9.17) is 15.5 Å². The molecule has 2 atom stereocenters. The number of hydrogen-bond acceptors (Lipinski definition) is 7. The lowest BCUT2D eigenvalue weighted by Crippen LogP contribution is -2.53. The first-order valence-electron chi connectivity index (χ1n) is 14.1. The highest BCUT2D eigenvalue weighted by atomic mass is 19.4. The summed E-state index contributed by atoms with van der Waals surface area (Å²) in [6.45, 7) is 5.70. The van der Waals surface area contributed by atoms with E-state index in [-0.39, 0.29) is 36.1 Å². The molecule has 222 valence electrons. The van der Waals surface area contributed by atoms with E-state index in [0.29, 0.717) is 46.7 Å². The van der Waals surface area contributed by atoms with Crippen LogP contribution in [-0.2, 0) is 27.9 Å². The number of aromatic nitrogens is 4. The normalized spacial score (nSPS) is 22.4. The Balaban J connectivity index is 1.43. The minimum absolute atomic E-state index is 0.0340. The standard InChI is InChI=1S/C30H34F3N7O2/c1-16(2)28(41)40-21-5-6-22(40)14-29(13-21,42-4)24-12-23-25(37-17(3)38-26(23)39-8-7-35-27(24)39)36-15-18-9-19(30(31,32)33)11-20(34)10-18/h7-12,16,21-22H,5-6,13-15,34H2,1-4H3,(H,36,37,38). The highest BCUT2D eigenvalue weighted by Crippen LogP contribution is 2.49. The van der Waals surface area contributed by atoms with E-state index in [2.05, 4.69) is 20.2 Å². The summed E-state index contributed by atoms with van der Waals surface area (Å²) in [6, 6.07) is 5.63. The van der Waals surface area contributed by atoms with Gasteiger partial charge < -0.3 is 20.7 Å². The monoisotopic (exact) mass is 581 g/mol. The molecule has 2 aliphatic rings. The van der Waals surface area contributed by atoms with Gasteiger partial charge in [0.05, 0.1) is 10.9 Å². The second-order valence-electron chi connectivity index (χ2n) is 11.7. The number of amides is 1. The van der Waals surface area contributed by atoms with Crippen LogP contribution in [0.3, 0.4) is 0 Å². The van der Waals surface area contributed by atoms with E-state index in [9.17, 15) is 18.0 Å². The number of rotatable bonds is 6. The van der Waals surface area contributed by atoms with Gasteiger partial charge >= 0.3 is 6.18 Å². The fourth-order valence-electron chi connectivity index (χ4n) is 6.77. The van der Waals surface area contributed by atoms with Crippen molar-refractivity contribution in [3.05, 3.63) is 59.2 Å². The first-order chi connectivity index (χ1) is 19.9. The molecule has 2 aliphatic heterocycles. The van der Waals surface area contributed by atoms with Gasteiger partial charge in [-0.2, -0.15) is 13.2 Å². The number of piperidine rings is 1. The maximum absolute atomic E-state index is 13.4. The second-order valence-corrected chi connectivity index (χ2v) is 11.7. The molecule has 3 N–H and O–H groups in total. The smallest absolute Gasteiger partial charge is 0.399 e. The molecular weight excluding hydrogens is 547 g/mol. The topological polar surface area (TPSA) is 111 Å². The average Bonchev–Trinajstić information content (AvgIpc) is 3.53. The Labute approximate surface area is 241 Å². The van der Waals surface area contributed by atoms with Crippen molar-refractivity contribution in [2.75, 3.05) is 18.2 Å². The van der Waals surface area contributed by atoms with Gasteiger partial charge in [0.15, 0.2) is 5.65 Å². The van der Waals surface area contributed by atoms with Gasteiger partial charge in [-0.3, -0.25) is 9.20 Å². The summed E-state index contributed by atoms with van der Waals surface area (Å²) in [5.74, 6) is 1.06. The molecule has 0 saturated carbocycles. The SMILES string of the molecule is COC1(c2cc3c(NCc4cc(N)cc(C(F)(F)F)c4)nc(C)nc3n3ccnc23)CC2CCC(C1)N2C(=O)C(C)C. The number of methoxy groups -OCH3 is 1. The summed E-state index contributed by atoms with van der Waals surface area (Å²) in [4.78, 5) is 29.1. The lowest BCUT2D eigenvalue weighted by atomic mass is 9.79. The van der Waals surface area contributed by atoms with Crippen LogP contribution in [0.25, 0.3) is 16.7 Å². The van der Waals surface area contributed by atoms with E-state index in [1.54, 1.807) is 20.2 Å². The molecule has 0 spiro atoms. The number of imidazole rings is 1. The third-order valence-electron chi connectivity index (χ3n) is 8.62. The fourth-order valence-corrected chi connectivity index (χ4v) is 6.77. The number of pyridine rings is 1. The van der Waals surface area contributed by atoms with Crippen LogP contribution in [0.4, 0.5) is 24.7 Å². The summed E-state index contributed by atoms with van der Waals surface area (Å²) in [5, 5.41) is 3.92. The number of aryl methyl sites for hydroxylation is 1. The Hall–Kier alpha value is -3.93. The van der Waals surface area contributed by atoms with Crippen LogP contribution in [0.2, 0.25) is 0 Å². The van der Waals surface area contributed by atoms with E-state index in [1.807, 2.05) is 30.5 Å². The Bertz CT molecular complexity index is 1670. The van der Waals surface area contributed by atoms with Crippen molar-refractivity contribution in [3.63, 3.8) is 0 Å². The predicted molar refractivity (Wildman–Crippen MR) is 153 cm³/mol. The molecule has 2 bridgehead atoms. The van der Waals surface area contributed by atoms with E-state index >= 15 is 0 Å². The fraction of sp³-hybridized carbons (Fsp3) is 0.467. The van der Waals surface area contributed by atoms with Gasteiger partial charge in [-0.25, -0.2) is 15.0 Å². The Kier molecular flexibility index (Phi) is 6.79. The highest BCUT2D eigenvalue weighted by Gasteiger charge is 2.52. The molecule has 3 aromatic heterocycles. The third kappa shape index (κ3) is 4.71. The molecule has 1 amide bonds. The summed E-state index contributed by atoms with van der Waals surface area (Å²) in [5.41, 5.74) is 6.90. The molecule has 42 heavy (non-hydrogen) atoms. The van der Waals surface area contributed by atoms with Crippen molar-refractivity contribution in [2.45, 2.75) is 76.9 Å². The molecule has 12 heteroatoms. The number of nitrogens with zero attached hydrogens (tertiary/aromatic N) is 5. The molecule has 5 heterocycles. The molecule has 4 aromatic rings. The Morgan fingerprint density at radius 1 is 1.14 bits per heavy atom. The number of anilines is 2. The quantitative estimate of drug-likeness (QED) is 0.291. The number of carbonyl (C=O) groups excluding carboxylic acids is 1. The van der Waals surface area contributed by atoms with Crippen LogP contribution in [-0.4, -0.2) is 49.4 Å². The van der Waals surface area contributed by atoms with Crippen LogP contribution >= 0.6 is 0 Å². The number of nitrogen functional groups attached to an aromatic ring is 1. The molecule has 2 unspecified atom stereocenters. The number of fused-ring (bicyclic) bond motifs is 5. The molecule has 1 aromatic carbocycles. The molecular formula is C30H34F3N7O2. The molecule has 2 fully saturated rings. The van der Waals surface area contributed by atoms with Gasteiger partial charge in [0.25, 0.3) is 0 Å². The lowest BCUT2D eigenvalue weighted by molar-refractivity contribution is -0.147. The average molecular weight is 582 g/mol. The summed E-state index contributed by atoms with van der Waals surface area (Å²) >= 11 is 0. The minimum atomic E-state index is -4.51. The summed E-state index contributed by atoms with van der Waals surface area (Å²) in [6.07, 6.45) is 2.14. The number of carbonyl (C=O) groups is 1. The van der Waals surface area contributed by atoms with Crippen molar-refractivity contribution in [1.82, 2.24) is 24.3 Å². The Morgan fingerprint density at radius 2 is 1.86 bits per heavy atom. The van der Waals surface area contributed by atoms with Crippen LogP contribution in [0.1, 0.15) is 62.0 Å². The van der Waals surface area contributed by atoms with E-state index in [0.717, 1.165) is 30.5 Å². The van der Waals surface area contributed by atoms with Crippen molar-refractivity contribution < 1.29 is 22.7 Å².